The van der Waals surface area contributed by atoms with E-state index in [0.717, 1.165) is 12.2 Å². The molecule has 0 radical (unpaired) electrons. The minimum absolute atomic E-state index is 0.878. The number of alkyl halides is 1. The van der Waals surface area contributed by atoms with Gasteiger partial charge in [-0.3, -0.25) is 0 Å². The molecule has 4 nitrogen and oxygen atoms in total. The quantitative estimate of drug-likeness (QED) is 0.274. The Hall–Kier alpha value is -0.640. The molecule has 0 fully saturated rings. The highest BCUT2D eigenvalue weighted by molar-refractivity contribution is 7.92. The van der Waals surface area contributed by atoms with Crippen molar-refractivity contribution in [2.45, 2.75) is 4.71 Å². The summed E-state index contributed by atoms with van der Waals surface area (Å²) >= 11 is 5.16. The second-order valence-electron chi connectivity index (χ2n) is 1.28. The zero-order valence-corrected chi connectivity index (χ0v) is 6.39. The van der Waals surface area contributed by atoms with Crippen LogP contribution >= 0.6 is 11.6 Å². The number of nitrogens with zero attached hydrogens (tertiary/aromatic N) is 1. The Bertz CT molecular complexity index is 264. The number of rotatable bonds is 3. The maximum atomic E-state index is 10.5. The van der Waals surface area contributed by atoms with Crippen LogP contribution in [-0.2, 0) is 14.8 Å². The minimum Gasteiger partial charge on any atom is -0.210 e. The molecule has 0 N–H and O–H groups in total. The van der Waals surface area contributed by atoms with Crippen LogP contribution in [0.1, 0.15) is 0 Å². The van der Waals surface area contributed by atoms with Crippen molar-refractivity contribution in [1.29, 1.82) is 0 Å². The fourth-order valence-electron chi connectivity index (χ4n) is 0.224. The first-order chi connectivity index (χ1) is 4.54. The summed E-state index contributed by atoms with van der Waals surface area (Å²) in [4.78, 5) is 9.48. The molecular weight excluding hydrogens is 178 g/mol. The molecule has 0 aliphatic rings. The van der Waals surface area contributed by atoms with Crippen LogP contribution in [0.25, 0.3) is 0 Å². The third-order valence-electron chi connectivity index (χ3n) is 0.634. The topological polar surface area (TPSA) is 63.6 Å². The Morgan fingerprint density at radius 1 is 1.70 bits per heavy atom. The monoisotopic (exact) mass is 181 g/mol. The van der Waals surface area contributed by atoms with Crippen LogP contribution in [0.4, 0.5) is 0 Å². The summed E-state index contributed by atoms with van der Waals surface area (Å²) in [7, 11) is -3.91. The van der Waals surface area contributed by atoms with Crippen molar-refractivity contribution in [2.75, 3.05) is 0 Å². The van der Waals surface area contributed by atoms with Crippen LogP contribution in [-0.4, -0.2) is 19.2 Å². The van der Waals surface area contributed by atoms with Crippen molar-refractivity contribution in [2.24, 2.45) is 4.40 Å². The van der Waals surface area contributed by atoms with Crippen LogP contribution in [0, 0.1) is 0 Å². The lowest BCUT2D eigenvalue weighted by Gasteiger charge is -1.95. The molecule has 0 saturated heterocycles. The minimum atomic E-state index is -3.91. The molecule has 0 aromatic carbocycles. The molecular formula is C4H4ClNO3S. The van der Waals surface area contributed by atoms with Crippen LogP contribution in [0.3, 0.4) is 0 Å². The van der Waals surface area contributed by atoms with E-state index in [0.29, 0.717) is 0 Å². The Morgan fingerprint density at radius 3 is 2.50 bits per heavy atom. The first-order valence-electron chi connectivity index (χ1n) is 2.14. The average Bonchev–Trinajstić information content (AvgIpc) is 1.86. The lowest BCUT2D eigenvalue weighted by atomic mass is 10.8. The first kappa shape index (κ1) is 9.36. The van der Waals surface area contributed by atoms with Gasteiger partial charge in [-0.1, -0.05) is 22.1 Å². The molecule has 0 bridgehead atoms. The van der Waals surface area contributed by atoms with Crippen molar-refractivity contribution in [3.63, 3.8) is 0 Å². The zero-order valence-electron chi connectivity index (χ0n) is 4.82. The summed E-state index contributed by atoms with van der Waals surface area (Å²) in [5, 5.41) is 0. The lowest BCUT2D eigenvalue weighted by Crippen LogP contribution is -2.08. The average molecular weight is 182 g/mol. The Balaban J connectivity index is 4.74. The predicted octanol–water partition coefficient (Wildman–Crippen LogP) is 0.403. The number of hydrogen-bond donors (Lipinski definition) is 0. The molecule has 1 unspecified atom stereocenters. The van der Waals surface area contributed by atoms with Crippen LogP contribution in [0.2, 0.25) is 0 Å². The fraction of sp³-hybridized carbons (Fsp3) is 0.250. The van der Waals surface area contributed by atoms with Crippen molar-refractivity contribution in [1.82, 2.24) is 0 Å². The predicted molar refractivity (Wildman–Crippen MR) is 36.9 cm³/mol. The number of sulfonamides is 1. The van der Waals surface area contributed by atoms with Gasteiger partial charge >= 0.3 is 0 Å². The maximum absolute atomic E-state index is 10.5. The third kappa shape index (κ3) is 2.31. The van der Waals surface area contributed by atoms with E-state index in [1.165, 1.54) is 0 Å². The lowest BCUT2D eigenvalue weighted by molar-refractivity contribution is 0.563. The normalized spacial score (nSPS) is 13.3. The van der Waals surface area contributed by atoms with E-state index >= 15 is 0 Å². The van der Waals surface area contributed by atoms with E-state index in [-0.39, 0.29) is 0 Å². The van der Waals surface area contributed by atoms with Gasteiger partial charge in [0, 0.05) is 0 Å². The molecule has 0 aliphatic carbocycles. The maximum Gasteiger partial charge on any atom is 0.284 e. The molecule has 10 heavy (non-hydrogen) atoms. The van der Waals surface area contributed by atoms with E-state index in [9.17, 15) is 13.2 Å². The van der Waals surface area contributed by atoms with Gasteiger partial charge in [-0.15, -0.1) is 6.58 Å². The summed E-state index contributed by atoms with van der Waals surface area (Å²) in [6, 6.07) is 0. The Morgan fingerprint density at radius 2 is 2.20 bits per heavy atom. The third-order valence-corrected chi connectivity index (χ3v) is 2.58. The smallest absolute Gasteiger partial charge is 0.210 e. The van der Waals surface area contributed by atoms with Crippen LogP contribution in [0.5, 0.6) is 0 Å². The number of hydrogen-bond acceptors (Lipinski definition) is 3. The fourth-order valence-corrected chi connectivity index (χ4v) is 0.791. The number of halogens is 1. The summed E-state index contributed by atoms with van der Waals surface area (Å²) in [5.41, 5.74) is 0. The SMILES string of the molecule is C=CC(Cl)S(=O)(=O)N=C=O. The standard InChI is InChI=1S/C4H4ClNO3S/c1-2-4(5)10(8,9)6-3-7/h2,4H,1H2. The molecule has 0 spiro atoms. The van der Waals surface area contributed by atoms with E-state index in [4.69, 9.17) is 11.6 Å². The Labute approximate surface area is 63.3 Å². The van der Waals surface area contributed by atoms with E-state index in [1.807, 2.05) is 0 Å². The molecule has 0 saturated carbocycles. The number of isocyanates is 1. The van der Waals surface area contributed by atoms with Gasteiger partial charge in [0.1, 0.15) is 0 Å². The van der Waals surface area contributed by atoms with E-state index in [2.05, 4.69) is 11.0 Å². The molecule has 0 heterocycles. The molecule has 6 heteroatoms. The number of carbonyl (C=O) groups excluding carboxylic acids is 1. The van der Waals surface area contributed by atoms with Gasteiger partial charge in [-0.05, 0) is 0 Å². The highest BCUT2D eigenvalue weighted by Gasteiger charge is 2.17. The second kappa shape index (κ2) is 3.51. The van der Waals surface area contributed by atoms with Gasteiger partial charge in [0.25, 0.3) is 16.1 Å². The second-order valence-corrected chi connectivity index (χ2v) is 3.73. The van der Waals surface area contributed by atoms with E-state index < -0.39 is 14.7 Å². The first-order valence-corrected chi connectivity index (χ1v) is 4.08. The molecule has 56 valence electrons. The van der Waals surface area contributed by atoms with Crippen LogP contribution < -0.4 is 0 Å². The summed E-state index contributed by atoms with van der Waals surface area (Å²) in [5.74, 6) is 0. The molecule has 0 aromatic heterocycles. The van der Waals surface area contributed by atoms with Crippen molar-refractivity contribution < 1.29 is 13.2 Å². The molecule has 0 rings (SSSR count). The summed E-state index contributed by atoms with van der Waals surface area (Å²) < 4.78 is 22.2. The van der Waals surface area contributed by atoms with E-state index in [1.54, 1.807) is 0 Å². The van der Waals surface area contributed by atoms with Gasteiger partial charge in [0.2, 0.25) is 0 Å². The summed E-state index contributed by atoms with van der Waals surface area (Å²) in [6.45, 7) is 3.11. The van der Waals surface area contributed by atoms with Crippen molar-refractivity contribution >= 4 is 27.7 Å². The van der Waals surface area contributed by atoms with Crippen LogP contribution in [0.15, 0.2) is 17.1 Å². The molecule has 1 atom stereocenters. The van der Waals surface area contributed by atoms with Gasteiger partial charge in [-0.25, -0.2) is 13.2 Å². The van der Waals surface area contributed by atoms with Crippen molar-refractivity contribution in [3.8, 4) is 0 Å². The zero-order chi connectivity index (χ0) is 8.20. The Kier molecular flexibility index (Phi) is 3.28. The largest absolute Gasteiger partial charge is 0.284 e. The molecule has 0 amide bonds. The van der Waals surface area contributed by atoms with Gasteiger partial charge in [0.15, 0.2) is 4.71 Å². The highest BCUT2D eigenvalue weighted by Crippen LogP contribution is 2.08. The molecule has 0 aromatic rings. The molecule has 0 aliphatic heterocycles. The van der Waals surface area contributed by atoms with Gasteiger partial charge in [-0.2, -0.15) is 0 Å². The summed E-state index contributed by atoms with van der Waals surface area (Å²) in [6.07, 6.45) is 1.83. The van der Waals surface area contributed by atoms with Gasteiger partial charge in [0.05, 0.1) is 0 Å². The van der Waals surface area contributed by atoms with Gasteiger partial charge < -0.3 is 0 Å². The van der Waals surface area contributed by atoms with Crippen molar-refractivity contribution in [3.05, 3.63) is 12.7 Å². The highest BCUT2D eigenvalue weighted by atomic mass is 35.5.